The van der Waals surface area contributed by atoms with Crippen molar-refractivity contribution in [2.75, 3.05) is 11.9 Å². The van der Waals surface area contributed by atoms with Gasteiger partial charge in [-0.05, 0) is 25.3 Å². The van der Waals surface area contributed by atoms with Gasteiger partial charge in [0.25, 0.3) is 10.0 Å². The van der Waals surface area contributed by atoms with Crippen LogP contribution in [-0.2, 0) is 10.0 Å². The minimum Gasteiger partial charge on any atom is -0.266 e. The molecule has 1 saturated heterocycles. The van der Waals surface area contributed by atoms with E-state index in [2.05, 4.69) is 26.1 Å². The third-order valence-corrected chi connectivity index (χ3v) is 5.42. The molecule has 0 spiro atoms. The summed E-state index contributed by atoms with van der Waals surface area (Å²) < 4.78 is 26.4. The molecule has 1 aromatic heterocycles. The number of alkyl halides is 1. The molecule has 5 nitrogen and oxygen atoms in total. The predicted molar refractivity (Wildman–Crippen MR) is 68.5 cm³/mol. The van der Waals surface area contributed by atoms with Crippen LogP contribution in [0.4, 0.5) is 0 Å². The van der Waals surface area contributed by atoms with Gasteiger partial charge >= 0.3 is 0 Å². The van der Waals surface area contributed by atoms with Crippen LogP contribution in [0.2, 0.25) is 0 Å². The molecule has 0 bridgehead atoms. The quantitative estimate of drug-likeness (QED) is 0.859. The van der Waals surface area contributed by atoms with E-state index in [0.717, 1.165) is 31.0 Å². The third-order valence-electron chi connectivity index (χ3n) is 3.08. The van der Waals surface area contributed by atoms with E-state index in [1.807, 2.05) is 0 Å². The number of nitrogens with one attached hydrogen (secondary N) is 1. The molecular formula is C10H16BrN3O2S. The number of hydrogen-bond donors (Lipinski definition) is 1. The fourth-order valence-electron chi connectivity index (χ4n) is 2.22. The SMILES string of the molecule is O=S(=O)(c1ccn[nH]1)N1CCCCC1CCBr. The Balaban J connectivity index is 2.24. The van der Waals surface area contributed by atoms with Crippen molar-refractivity contribution in [2.24, 2.45) is 0 Å². The van der Waals surface area contributed by atoms with Gasteiger partial charge in [0.05, 0.1) is 6.20 Å². The number of nitrogens with zero attached hydrogens (tertiary/aromatic N) is 2. The molecule has 0 aromatic carbocycles. The van der Waals surface area contributed by atoms with Gasteiger partial charge in [-0.3, -0.25) is 5.10 Å². The highest BCUT2D eigenvalue weighted by molar-refractivity contribution is 9.09. The summed E-state index contributed by atoms with van der Waals surface area (Å²) in [5.74, 6) is 0. The van der Waals surface area contributed by atoms with Crippen LogP contribution in [0.3, 0.4) is 0 Å². The lowest BCUT2D eigenvalue weighted by Crippen LogP contribution is -2.43. The molecule has 17 heavy (non-hydrogen) atoms. The molecule has 0 amide bonds. The van der Waals surface area contributed by atoms with Crippen molar-refractivity contribution in [2.45, 2.75) is 36.8 Å². The Morgan fingerprint density at radius 2 is 2.35 bits per heavy atom. The van der Waals surface area contributed by atoms with E-state index < -0.39 is 10.0 Å². The molecule has 1 aliphatic rings. The normalized spacial score (nSPS) is 22.8. The van der Waals surface area contributed by atoms with Crippen LogP contribution in [0.5, 0.6) is 0 Å². The van der Waals surface area contributed by atoms with Gasteiger partial charge < -0.3 is 0 Å². The monoisotopic (exact) mass is 321 g/mol. The summed E-state index contributed by atoms with van der Waals surface area (Å²) in [4.78, 5) is 0. The molecule has 1 atom stereocenters. The number of aromatic nitrogens is 2. The Labute approximate surface area is 110 Å². The molecule has 1 N–H and O–H groups in total. The van der Waals surface area contributed by atoms with Crippen LogP contribution in [0.25, 0.3) is 0 Å². The molecule has 96 valence electrons. The van der Waals surface area contributed by atoms with Crippen LogP contribution in [-0.4, -0.2) is 40.8 Å². The molecule has 0 radical (unpaired) electrons. The Morgan fingerprint density at radius 1 is 1.53 bits per heavy atom. The summed E-state index contributed by atoms with van der Waals surface area (Å²) in [5, 5.41) is 7.28. The standard InChI is InChI=1S/C10H16BrN3O2S/c11-6-4-9-3-1-2-8-14(9)17(15,16)10-5-7-12-13-10/h5,7,9H,1-4,6,8H2,(H,12,13). The van der Waals surface area contributed by atoms with Crippen LogP contribution in [0, 0.1) is 0 Å². The first-order valence-corrected chi connectivity index (χ1v) is 8.29. The van der Waals surface area contributed by atoms with Gasteiger partial charge in [0.1, 0.15) is 0 Å². The van der Waals surface area contributed by atoms with Gasteiger partial charge in [-0.25, -0.2) is 8.42 Å². The highest BCUT2D eigenvalue weighted by atomic mass is 79.9. The van der Waals surface area contributed by atoms with Crippen LogP contribution < -0.4 is 0 Å². The van der Waals surface area contributed by atoms with E-state index in [1.54, 1.807) is 4.31 Å². The first-order valence-electron chi connectivity index (χ1n) is 5.73. The molecule has 2 heterocycles. The smallest absolute Gasteiger partial charge is 0.260 e. The average Bonchev–Trinajstić information content (AvgIpc) is 2.84. The zero-order chi connectivity index (χ0) is 12.3. The molecule has 2 rings (SSSR count). The molecule has 7 heteroatoms. The van der Waals surface area contributed by atoms with Crippen LogP contribution in [0.15, 0.2) is 17.3 Å². The number of piperidine rings is 1. The maximum absolute atomic E-state index is 12.4. The Hall–Kier alpha value is -0.400. The molecule has 1 unspecified atom stereocenters. The number of H-pyrrole nitrogens is 1. The summed E-state index contributed by atoms with van der Waals surface area (Å²) >= 11 is 3.39. The van der Waals surface area contributed by atoms with Crippen LogP contribution in [0.1, 0.15) is 25.7 Å². The van der Waals surface area contributed by atoms with E-state index in [9.17, 15) is 8.42 Å². The van der Waals surface area contributed by atoms with Crippen molar-refractivity contribution in [1.29, 1.82) is 0 Å². The van der Waals surface area contributed by atoms with Crippen molar-refractivity contribution in [3.8, 4) is 0 Å². The van der Waals surface area contributed by atoms with Gasteiger partial charge in [0, 0.05) is 17.9 Å². The average molecular weight is 322 g/mol. The lowest BCUT2D eigenvalue weighted by Gasteiger charge is -2.33. The van der Waals surface area contributed by atoms with Gasteiger partial charge in [-0.15, -0.1) is 0 Å². The Morgan fingerprint density at radius 3 is 3.00 bits per heavy atom. The molecule has 0 saturated carbocycles. The predicted octanol–water partition coefficient (Wildman–Crippen LogP) is 1.74. The second-order valence-electron chi connectivity index (χ2n) is 4.16. The van der Waals surface area contributed by atoms with E-state index >= 15 is 0 Å². The van der Waals surface area contributed by atoms with Crippen LogP contribution >= 0.6 is 15.9 Å². The lowest BCUT2D eigenvalue weighted by molar-refractivity contribution is 0.247. The van der Waals surface area contributed by atoms with Gasteiger partial charge in [-0.2, -0.15) is 9.40 Å². The maximum Gasteiger partial charge on any atom is 0.260 e. The Bertz CT molecular complexity index is 444. The second-order valence-corrected chi connectivity index (χ2v) is 6.82. The van der Waals surface area contributed by atoms with E-state index in [0.29, 0.717) is 6.54 Å². The second kappa shape index (κ2) is 5.49. The first-order chi connectivity index (χ1) is 8.16. The van der Waals surface area contributed by atoms with E-state index in [1.165, 1.54) is 12.3 Å². The van der Waals surface area contributed by atoms with Crippen molar-refractivity contribution >= 4 is 26.0 Å². The number of rotatable bonds is 4. The number of halogens is 1. The van der Waals surface area contributed by atoms with Gasteiger partial charge in [0.2, 0.25) is 0 Å². The van der Waals surface area contributed by atoms with Crippen molar-refractivity contribution < 1.29 is 8.42 Å². The summed E-state index contributed by atoms with van der Waals surface area (Å²) in [6.45, 7) is 0.610. The van der Waals surface area contributed by atoms with E-state index in [-0.39, 0.29) is 11.1 Å². The minimum absolute atomic E-state index is 0.108. The fourth-order valence-corrected chi connectivity index (χ4v) is 4.37. The zero-order valence-corrected chi connectivity index (χ0v) is 11.9. The summed E-state index contributed by atoms with van der Waals surface area (Å²) in [7, 11) is -3.40. The lowest BCUT2D eigenvalue weighted by atomic mass is 10.0. The van der Waals surface area contributed by atoms with Gasteiger partial charge in [-0.1, -0.05) is 22.4 Å². The number of hydrogen-bond acceptors (Lipinski definition) is 3. The summed E-state index contributed by atoms with van der Waals surface area (Å²) in [6, 6.07) is 1.62. The van der Waals surface area contributed by atoms with Crippen molar-refractivity contribution in [3.05, 3.63) is 12.3 Å². The molecule has 1 aliphatic heterocycles. The van der Waals surface area contributed by atoms with Gasteiger partial charge in [0.15, 0.2) is 5.03 Å². The molecule has 0 aliphatic carbocycles. The molecule has 1 aromatic rings. The maximum atomic E-state index is 12.4. The zero-order valence-electron chi connectivity index (χ0n) is 9.47. The highest BCUT2D eigenvalue weighted by Gasteiger charge is 2.33. The number of sulfonamides is 1. The summed E-state index contributed by atoms with van der Waals surface area (Å²) in [5.41, 5.74) is 0. The minimum atomic E-state index is -3.40. The Kier molecular flexibility index (Phi) is 4.22. The topological polar surface area (TPSA) is 66.1 Å². The molecular weight excluding hydrogens is 306 g/mol. The molecule has 1 fully saturated rings. The van der Waals surface area contributed by atoms with Crippen molar-refractivity contribution in [3.63, 3.8) is 0 Å². The largest absolute Gasteiger partial charge is 0.266 e. The summed E-state index contributed by atoms with van der Waals surface area (Å²) in [6.07, 6.45) is 5.31. The number of aromatic amines is 1. The first kappa shape index (κ1) is 13.0. The van der Waals surface area contributed by atoms with Crippen molar-refractivity contribution in [1.82, 2.24) is 14.5 Å². The third kappa shape index (κ3) is 2.71. The fraction of sp³-hybridized carbons (Fsp3) is 0.700. The highest BCUT2D eigenvalue weighted by Crippen LogP contribution is 2.26. The van der Waals surface area contributed by atoms with E-state index in [4.69, 9.17) is 0 Å².